The molecular weight excluding hydrogens is 318 g/mol. The van der Waals surface area contributed by atoms with Crippen molar-refractivity contribution in [1.82, 2.24) is 9.97 Å². The second-order valence-electron chi connectivity index (χ2n) is 5.87. The van der Waals surface area contributed by atoms with Crippen LogP contribution < -0.4 is 5.32 Å². The molecule has 2 aliphatic rings. The van der Waals surface area contributed by atoms with E-state index in [1.54, 1.807) is 0 Å². The molecular formula is C15H22BrN3O. The third-order valence-corrected chi connectivity index (χ3v) is 5.17. The predicted molar refractivity (Wildman–Crippen MR) is 83.0 cm³/mol. The zero-order valence-electron chi connectivity index (χ0n) is 12.2. The van der Waals surface area contributed by atoms with Crippen LogP contribution in [0.2, 0.25) is 0 Å². The van der Waals surface area contributed by atoms with Crippen molar-refractivity contribution in [3.8, 4) is 0 Å². The molecule has 1 N–H and O–H groups in total. The van der Waals surface area contributed by atoms with Gasteiger partial charge >= 0.3 is 0 Å². The van der Waals surface area contributed by atoms with Crippen LogP contribution in [-0.4, -0.2) is 23.1 Å². The molecule has 1 aliphatic heterocycles. The van der Waals surface area contributed by atoms with Crippen LogP contribution in [0.3, 0.4) is 0 Å². The Bertz CT molecular complexity index is 488. The smallest absolute Gasteiger partial charge is 0.159 e. The molecule has 20 heavy (non-hydrogen) atoms. The van der Waals surface area contributed by atoms with E-state index in [1.165, 1.54) is 31.4 Å². The quantitative estimate of drug-likeness (QED) is 0.897. The lowest BCUT2D eigenvalue weighted by atomic mass is 10.0. The van der Waals surface area contributed by atoms with Crippen molar-refractivity contribution in [3.63, 3.8) is 0 Å². The fraction of sp³-hybridized carbons (Fsp3) is 0.733. The largest absolute Gasteiger partial charge is 0.372 e. The summed E-state index contributed by atoms with van der Waals surface area (Å²) < 4.78 is 6.97. The van der Waals surface area contributed by atoms with Gasteiger partial charge in [-0.25, -0.2) is 9.97 Å². The first kappa shape index (κ1) is 14.3. The van der Waals surface area contributed by atoms with Crippen LogP contribution in [0, 0.1) is 0 Å². The molecule has 1 aliphatic carbocycles. The Kier molecular flexibility index (Phi) is 4.26. The molecule has 2 fully saturated rings. The van der Waals surface area contributed by atoms with Crippen LogP contribution in [0.1, 0.15) is 69.0 Å². The van der Waals surface area contributed by atoms with Crippen LogP contribution in [0.5, 0.6) is 0 Å². The Balaban J connectivity index is 1.96. The van der Waals surface area contributed by atoms with E-state index in [9.17, 15) is 0 Å². The number of halogens is 1. The highest BCUT2D eigenvalue weighted by Gasteiger charge is 2.29. The third kappa shape index (κ3) is 2.70. The van der Waals surface area contributed by atoms with Gasteiger partial charge in [0.1, 0.15) is 11.9 Å². The van der Waals surface area contributed by atoms with Crippen molar-refractivity contribution in [1.29, 1.82) is 0 Å². The summed E-state index contributed by atoms with van der Waals surface area (Å²) in [4.78, 5) is 9.50. The minimum Gasteiger partial charge on any atom is -0.372 e. The number of aromatic nitrogens is 2. The van der Waals surface area contributed by atoms with E-state index in [2.05, 4.69) is 33.2 Å². The fourth-order valence-corrected chi connectivity index (χ4v) is 3.95. The molecule has 5 heteroatoms. The molecule has 4 nitrogen and oxygen atoms in total. The lowest BCUT2D eigenvalue weighted by molar-refractivity contribution is 0.0501. The molecule has 2 atom stereocenters. The van der Waals surface area contributed by atoms with Gasteiger partial charge < -0.3 is 10.1 Å². The summed E-state index contributed by atoms with van der Waals surface area (Å²) in [6.07, 6.45) is 7.59. The highest BCUT2D eigenvalue weighted by atomic mass is 79.9. The SMILES string of the molecule is CNc1nc(C2CCC(C)O2)nc(C2CCCC2)c1Br. The zero-order chi connectivity index (χ0) is 14.1. The first-order chi connectivity index (χ1) is 9.69. The number of rotatable bonds is 3. The summed E-state index contributed by atoms with van der Waals surface area (Å²) in [6, 6.07) is 0. The van der Waals surface area contributed by atoms with Gasteiger partial charge in [0.05, 0.1) is 16.3 Å². The standard InChI is InChI=1S/C15H22BrN3O/c1-9-7-8-11(20-9)14-18-13(10-5-3-4-6-10)12(16)15(17-2)19-14/h9-11H,3-8H2,1-2H3,(H,17,18,19). The number of hydrogen-bond acceptors (Lipinski definition) is 4. The highest BCUT2D eigenvalue weighted by molar-refractivity contribution is 9.10. The molecule has 0 aromatic carbocycles. The summed E-state index contributed by atoms with van der Waals surface area (Å²) in [5, 5.41) is 3.18. The average molecular weight is 340 g/mol. The summed E-state index contributed by atoms with van der Waals surface area (Å²) in [5.41, 5.74) is 1.17. The van der Waals surface area contributed by atoms with Crippen LogP contribution in [0.25, 0.3) is 0 Å². The molecule has 110 valence electrons. The van der Waals surface area contributed by atoms with Gasteiger partial charge in [-0.15, -0.1) is 0 Å². The Hall–Kier alpha value is -0.680. The normalized spacial score (nSPS) is 27.1. The zero-order valence-corrected chi connectivity index (χ0v) is 13.7. The van der Waals surface area contributed by atoms with Crippen LogP contribution >= 0.6 is 15.9 Å². The second kappa shape index (κ2) is 5.98. The minimum absolute atomic E-state index is 0.0605. The predicted octanol–water partition coefficient (Wildman–Crippen LogP) is 4.18. The summed E-state index contributed by atoms with van der Waals surface area (Å²) in [6.45, 7) is 2.12. The van der Waals surface area contributed by atoms with E-state index >= 15 is 0 Å². The summed E-state index contributed by atoms with van der Waals surface area (Å²) in [5.74, 6) is 2.31. The Labute approximate surface area is 128 Å². The van der Waals surface area contributed by atoms with E-state index < -0.39 is 0 Å². The highest BCUT2D eigenvalue weighted by Crippen LogP contribution is 2.40. The van der Waals surface area contributed by atoms with Crippen molar-refractivity contribution in [3.05, 3.63) is 16.0 Å². The molecule has 3 rings (SSSR count). The van der Waals surface area contributed by atoms with Gasteiger partial charge in [0.15, 0.2) is 5.82 Å². The molecule has 1 aromatic heterocycles. The molecule has 1 saturated heterocycles. The Morgan fingerprint density at radius 3 is 2.50 bits per heavy atom. The third-order valence-electron chi connectivity index (χ3n) is 4.39. The monoisotopic (exact) mass is 339 g/mol. The van der Waals surface area contributed by atoms with Crippen LogP contribution in [0.4, 0.5) is 5.82 Å². The molecule has 1 aromatic rings. The molecule has 2 heterocycles. The molecule has 0 radical (unpaired) electrons. The maximum atomic E-state index is 5.94. The van der Waals surface area contributed by atoms with Crippen LogP contribution in [0.15, 0.2) is 4.47 Å². The number of ether oxygens (including phenoxy) is 1. The molecule has 0 spiro atoms. The van der Waals surface area contributed by atoms with E-state index in [0.29, 0.717) is 12.0 Å². The van der Waals surface area contributed by atoms with Crippen molar-refractivity contribution in [2.24, 2.45) is 0 Å². The van der Waals surface area contributed by atoms with Gasteiger partial charge in [0, 0.05) is 13.0 Å². The minimum atomic E-state index is 0.0605. The Morgan fingerprint density at radius 2 is 1.90 bits per heavy atom. The van der Waals surface area contributed by atoms with Gasteiger partial charge in [-0.05, 0) is 48.5 Å². The van der Waals surface area contributed by atoms with E-state index in [4.69, 9.17) is 9.72 Å². The molecule has 0 amide bonds. The lowest BCUT2D eigenvalue weighted by Gasteiger charge is -2.18. The number of nitrogens with one attached hydrogen (secondary N) is 1. The maximum Gasteiger partial charge on any atom is 0.159 e. The average Bonchev–Trinajstić information content (AvgIpc) is 3.10. The summed E-state index contributed by atoms with van der Waals surface area (Å²) >= 11 is 3.68. The Morgan fingerprint density at radius 1 is 1.15 bits per heavy atom. The molecule has 1 saturated carbocycles. The van der Waals surface area contributed by atoms with Crippen molar-refractivity contribution in [2.45, 2.75) is 63.6 Å². The van der Waals surface area contributed by atoms with Crippen molar-refractivity contribution < 1.29 is 4.74 Å². The van der Waals surface area contributed by atoms with Crippen LogP contribution in [-0.2, 0) is 4.74 Å². The number of anilines is 1. The van der Waals surface area contributed by atoms with Gasteiger partial charge in [-0.1, -0.05) is 12.8 Å². The first-order valence-electron chi connectivity index (χ1n) is 7.59. The topological polar surface area (TPSA) is 47.0 Å². The molecule has 0 bridgehead atoms. The van der Waals surface area contributed by atoms with Crippen molar-refractivity contribution in [2.75, 3.05) is 12.4 Å². The van der Waals surface area contributed by atoms with E-state index in [-0.39, 0.29) is 6.10 Å². The lowest BCUT2D eigenvalue weighted by Crippen LogP contribution is -2.12. The number of hydrogen-bond donors (Lipinski definition) is 1. The number of nitrogens with zero attached hydrogens (tertiary/aromatic N) is 2. The summed E-state index contributed by atoms with van der Waals surface area (Å²) in [7, 11) is 1.91. The van der Waals surface area contributed by atoms with Gasteiger partial charge in [-0.2, -0.15) is 0 Å². The van der Waals surface area contributed by atoms with Gasteiger partial charge in [0.2, 0.25) is 0 Å². The fourth-order valence-electron chi connectivity index (χ4n) is 3.25. The van der Waals surface area contributed by atoms with Gasteiger partial charge in [0.25, 0.3) is 0 Å². The van der Waals surface area contributed by atoms with Gasteiger partial charge in [-0.3, -0.25) is 0 Å². The van der Waals surface area contributed by atoms with E-state index in [0.717, 1.165) is 29.0 Å². The second-order valence-corrected chi connectivity index (χ2v) is 6.67. The van der Waals surface area contributed by atoms with Crippen molar-refractivity contribution >= 4 is 21.7 Å². The first-order valence-corrected chi connectivity index (χ1v) is 8.39. The van der Waals surface area contributed by atoms with E-state index in [1.807, 2.05) is 7.05 Å². The maximum absolute atomic E-state index is 5.94. The molecule has 2 unspecified atom stereocenters.